The van der Waals surface area contributed by atoms with Crippen LogP contribution in [-0.4, -0.2) is 68.9 Å². The standard InChI is InChI=1S/C21H32N2O3S/c1-22-12-5-8-19(16-22)17-23(13-9-18-6-3-2-4-7-18)21(24)20-10-14-27(25,26)15-11-20/h2-4,6-7,19-20H,5,8-17H2,1H3. The van der Waals surface area contributed by atoms with E-state index in [1.165, 1.54) is 18.4 Å². The molecule has 1 aromatic carbocycles. The lowest BCUT2D eigenvalue weighted by molar-refractivity contribution is -0.136. The summed E-state index contributed by atoms with van der Waals surface area (Å²) in [6, 6.07) is 10.3. The van der Waals surface area contributed by atoms with E-state index in [0.29, 0.717) is 25.3 Å². The second-order valence-corrected chi connectivity index (χ2v) is 10.5. The Morgan fingerprint density at radius 1 is 1.15 bits per heavy atom. The number of hydrogen-bond acceptors (Lipinski definition) is 4. The molecule has 1 aromatic rings. The van der Waals surface area contributed by atoms with Gasteiger partial charge < -0.3 is 9.80 Å². The molecule has 3 rings (SSSR count). The summed E-state index contributed by atoms with van der Waals surface area (Å²) in [6.45, 7) is 3.68. The maximum atomic E-state index is 13.2. The molecule has 5 nitrogen and oxygen atoms in total. The minimum Gasteiger partial charge on any atom is -0.342 e. The summed E-state index contributed by atoms with van der Waals surface area (Å²) in [6.07, 6.45) is 4.16. The van der Waals surface area contributed by atoms with E-state index < -0.39 is 9.84 Å². The number of sulfone groups is 1. The first-order valence-electron chi connectivity index (χ1n) is 10.1. The van der Waals surface area contributed by atoms with Crippen LogP contribution in [0.3, 0.4) is 0 Å². The molecule has 2 aliphatic heterocycles. The predicted molar refractivity (Wildman–Crippen MR) is 108 cm³/mol. The highest BCUT2D eigenvalue weighted by atomic mass is 32.2. The second kappa shape index (κ2) is 9.20. The molecule has 6 heteroatoms. The fourth-order valence-corrected chi connectivity index (χ4v) is 5.82. The van der Waals surface area contributed by atoms with E-state index in [-0.39, 0.29) is 23.3 Å². The van der Waals surface area contributed by atoms with Crippen LogP contribution in [-0.2, 0) is 21.1 Å². The number of carbonyl (C=O) groups is 1. The number of benzene rings is 1. The quantitative estimate of drug-likeness (QED) is 0.745. The van der Waals surface area contributed by atoms with E-state index in [4.69, 9.17) is 0 Å². The molecule has 1 amide bonds. The molecule has 1 unspecified atom stereocenters. The molecule has 0 saturated carbocycles. The van der Waals surface area contributed by atoms with Crippen molar-refractivity contribution in [3.63, 3.8) is 0 Å². The van der Waals surface area contributed by atoms with E-state index in [2.05, 4.69) is 24.1 Å². The van der Waals surface area contributed by atoms with Gasteiger partial charge in [0.15, 0.2) is 0 Å². The van der Waals surface area contributed by atoms with Crippen LogP contribution in [0, 0.1) is 11.8 Å². The van der Waals surface area contributed by atoms with Crippen molar-refractivity contribution in [1.82, 2.24) is 9.80 Å². The summed E-state index contributed by atoms with van der Waals surface area (Å²) in [5.74, 6) is 0.847. The van der Waals surface area contributed by atoms with Crippen LogP contribution in [0.15, 0.2) is 30.3 Å². The fraction of sp³-hybridized carbons (Fsp3) is 0.667. The smallest absolute Gasteiger partial charge is 0.225 e. The van der Waals surface area contributed by atoms with Gasteiger partial charge in [0, 0.05) is 25.6 Å². The van der Waals surface area contributed by atoms with Crippen molar-refractivity contribution in [2.45, 2.75) is 32.1 Å². The Balaban J connectivity index is 1.65. The van der Waals surface area contributed by atoms with Crippen molar-refractivity contribution in [3.8, 4) is 0 Å². The Morgan fingerprint density at radius 3 is 2.52 bits per heavy atom. The number of rotatable bonds is 6. The van der Waals surface area contributed by atoms with Crippen molar-refractivity contribution < 1.29 is 13.2 Å². The number of nitrogens with zero attached hydrogens (tertiary/aromatic N) is 2. The Kier molecular flexibility index (Phi) is 6.93. The van der Waals surface area contributed by atoms with Crippen molar-refractivity contribution in [1.29, 1.82) is 0 Å². The van der Waals surface area contributed by atoms with E-state index in [1.807, 2.05) is 23.1 Å². The molecule has 150 valence electrons. The largest absolute Gasteiger partial charge is 0.342 e. The van der Waals surface area contributed by atoms with Gasteiger partial charge in [-0.1, -0.05) is 30.3 Å². The van der Waals surface area contributed by atoms with Gasteiger partial charge in [-0.15, -0.1) is 0 Å². The summed E-state index contributed by atoms with van der Waals surface area (Å²) < 4.78 is 23.4. The van der Waals surface area contributed by atoms with Gasteiger partial charge in [-0.3, -0.25) is 4.79 Å². The Labute approximate surface area is 163 Å². The van der Waals surface area contributed by atoms with Gasteiger partial charge >= 0.3 is 0 Å². The zero-order chi connectivity index (χ0) is 19.3. The van der Waals surface area contributed by atoms with Gasteiger partial charge in [0.05, 0.1) is 11.5 Å². The molecule has 0 N–H and O–H groups in total. The minimum absolute atomic E-state index is 0.134. The first-order valence-corrected chi connectivity index (χ1v) is 12.0. The average Bonchev–Trinajstić information content (AvgIpc) is 2.65. The first-order chi connectivity index (χ1) is 12.9. The Morgan fingerprint density at radius 2 is 1.85 bits per heavy atom. The molecule has 0 bridgehead atoms. The van der Waals surface area contributed by atoms with Gasteiger partial charge in [0.25, 0.3) is 0 Å². The highest BCUT2D eigenvalue weighted by molar-refractivity contribution is 7.91. The topological polar surface area (TPSA) is 57.7 Å². The molecule has 2 aliphatic rings. The lowest BCUT2D eigenvalue weighted by atomic mass is 9.95. The van der Waals surface area contributed by atoms with Gasteiger partial charge in [0.2, 0.25) is 5.91 Å². The third kappa shape index (κ3) is 6.04. The minimum atomic E-state index is -2.94. The van der Waals surface area contributed by atoms with Crippen LogP contribution < -0.4 is 0 Å². The third-order valence-corrected chi connectivity index (χ3v) is 7.64. The van der Waals surface area contributed by atoms with E-state index in [1.54, 1.807) is 0 Å². The highest BCUT2D eigenvalue weighted by Crippen LogP contribution is 2.23. The van der Waals surface area contributed by atoms with Gasteiger partial charge in [-0.25, -0.2) is 8.42 Å². The monoisotopic (exact) mass is 392 g/mol. The number of amides is 1. The van der Waals surface area contributed by atoms with Gasteiger partial charge in [-0.05, 0) is 57.2 Å². The molecule has 2 heterocycles. The normalized spacial score (nSPS) is 23.8. The Hall–Kier alpha value is -1.40. The van der Waals surface area contributed by atoms with Crippen LogP contribution in [0.25, 0.3) is 0 Å². The molecular weight excluding hydrogens is 360 g/mol. The fourth-order valence-electron chi connectivity index (χ4n) is 4.33. The molecule has 0 aromatic heterocycles. The first kappa shape index (κ1) is 20.3. The van der Waals surface area contributed by atoms with Crippen LogP contribution in [0.4, 0.5) is 0 Å². The lowest BCUT2D eigenvalue weighted by Gasteiger charge is -2.36. The molecule has 0 radical (unpaired) electrons. The summed E-state index contributed by atoms with van der Waals surface area (Å²) in [7, 11) is -0.795. The average molecular weight is 393 g/mol. The van der Waals surface area contributed by atoms with E-state index >= 15 is 0 Å². The Bertz CT molecular complexity index is 706. The summed E-state index contributed by atoms with van der Waals surface area (Å²) in [5, 5.41) is 0. The number of likely N-dealkylation sites (tertiary alicyclic amines) is 1. The van der Waals surface area contributed by atoms with Gasteiger partial charge in [-0.2, -0.15) is 0 Å². The summed E-state index contributed by atoms with van der Waals surface area (Å²) >= 11 is 0. The molecule has 2 fully saturated rings. The summed E-state index contributed by atoms with van der Waals surface area (Å²) in [4.78, 5) is 17.6. The lowest BCUT2D eigenvalue weighted by Crippen LogP contribution is -2.45. The molecule has 2 saturated heterocycles. The third-order valence-electron chi connectivity index (χ3n) is 5.93. The molecule has 1 atom stereocenters. The summed E-state index contributed by atoms with van der Waals surface area (Å²) in [5.41, 5.74) is 1.24. The molecular formula is C21H32N2O3S. The van der Waals surface area contributed by atoms with Crippen LogP contribution in [0.5, 0.6) is 0 Å². The molecule has 27 heavy (non-hydrogen) atoms. The number of piperidine rings is 1. The predicted octanol–water partition coefficient (Wildman–Crippen LogP) is 2.22. The SMILES string of the molecule is CN1CCCC(CN(CCc2ccccc2)C(=O)C2CCS(=O)(=O)CC2)C1. The van der Waals surface area contributed by atoms with Crippen molar-refractivity contribution in [2.75, 3.05) is 44.7 Å². The maximum Gasteiger partial charge on any atom is 0.225 e. The van der Waals surface area contributed by atoms with E-state index in [9.17, 15) is 13.2 Å². The van der Waals surface area contributed by atoms with E-state index in [0.717, 1.165) is 26.1 Å². The molecule has 0 spiro atoms. The van der Waals surface area contributed by atoms with Crippen molar-refractivity contribution >= 4 is 15.7 Å². The maximum absolute atomic E-state index is 13.2. The van der Waals surface area contributed by atoms with Crippen molar-refractivity contribution in [3.05, 3.63) is 35.9 Å². The van der Waals surface area contributed by atoms with Gasteiger partial charge in [0.1, 0.15) is 9.84 Å². The highest BCUT2D eigenvalue weighted by Gasteiger charge is 2.32. The molecule has 0 aliphatic carbocycles. The van der Waals surface area contributed by atoms with Crippen LogP contribution in [0.1, 0.15) is 31.2 Å². The number of carbonyl (C=O) groups excluding carboxylic acids is 1. The zero-order valence-electron chi connectivity index (χ0n) is 16.3. The second-order valence-electron chi connectivity index (χ2n) is 8.22. The zero-order valence-corrected chi connectivity index (χ0v) is 17.2. The van der Waals surface area contributed by atoms with Crippen LogP contribution in [0.2, 0.25) is 0 Å². The van der Waals surface area contributed by atoms with Crippen LogP contribution >= 0.6 is 0 Å². The number of hydrogen-bond donors (Lipinski definition) is 0. The van der Waals surface area contributed by atoms with Crippen molar-refractivity contribution in [2.24, 2.45) is 11.8 Å².